The molecule has 1 aliphatic heterocycles. The maximum absolute atomic E-state index is 14.4. The fraction of sp³-hybridized carbons (Fsp3) is 0.316. The molecule has 0 aliphatic carbocycles. The van der Waals surface area contributed by atoms with Gasteiger partial charge in [0.15, 0.2) is 24.2 Å². The van der Waals surface area contributed by atoms with Crippen molar-refractivity contribution in [3.05, 3.63) is 54.2 Å². The van der Waals surface area contributed by atoms with E-state index < -0.39 is 18.4 Å². The monoisotopic (exact) mass is 432 g/mol. The second-order valence-corrected chi connectivity index (χ2v) is 7.49. The Hall–Kier alpha value is -3.18. The number of carbonyl (C=O) groups excluding carboxylic acids is 1. The number of methoxy groups -OCH3 is 1. The number of rotatable bonds is 7. The highest BCUT2D eigenvalue weighted by Crippen LogP contribution is 2.29. The Morgan fingerprint density at radius 2 is 2.07 bits per heavy atom. The van der Waals surface area contributed by atoms with Crippen molar-refractivity contribution in [1.82, 2.24) is 20.4 Å². The molecule has 158 valence electrons. The zero-order chi connectivity index (χ0) is 20.9. The number of hydrogen-bond donors (Lipinski definition) is 1. The summed E-state index contributed by atoms with van der Waals surface area (Å²) in [5.41, 5.74) is 0.716. The predicted molar refractivity (Wildman–Crippen MR) is 110 cm³/mol. The molecule has 3 heterocycles. The highest BCUT2D eigenvalue weighted by molar-refractivity contribution is 7.17. The fourth-order valence-electron chi connectivity index (χ4n) is 3.13. The molecule has 0 bridgehead atoms. The molecule has 11 heteroatoms. The van der Waals surface area contributed by atoms with Crippen molar-refractivity contribution in [2.24, 2.45) is 0 Å². The maximum Gasteiger partial charge on any atom is 0.296 e. The summed E-state index contributed by atoms with van der Waals surface area (Å²) in [6.07, 6.45) is -1.17. The van der Waals surface area contributed by atoms with Crippen molar-refractivity contribution in [1.29, 1.82) is 0 Å². The van der Waals surface area contributed by atoms with Crippen LogP contribution in [-0.2, 0) is 9.53 Å². The van der Waals surface area contributed by atoms with E-state index in [2.05, 4.69) is 25.7 Å². The summed E-state index contributed by atoms with van der Waals surface area (Å²) in [5.74, 6) is 0.201. The molecular weight excluding hydrogens is 411 g/mol. The van der Waals surface area contributed by atoms with E-state index in [0.29, 0.717) is 17.9 Å². The molecule has 2 aromatic heterocycles. The summed E-state index contributed by atoms with van der Waals surface area (Å²) in [5, 5.41) is 18.7. The van der Waals surface area contributed by atoms with Crippen molar-refractivity contribution in [2.75, 3.05) is 30.4 Å². The molecule has 3 aromatic rings. The highest BCUT2D eigenvalue weighted by atomic mass is 32.1. The quantitative estimate of drug-likeness (QED) is 0.608. The van der Waals surface area contributed by atoms with Gasteiger partial charge in [0.25, 0.3) is 11.1 Å². The highest BCUT2D eigenvalue weighted by Gasteiger charge is 2.36. The molecule has 0 radical (unpaired) electrons. The first kappa shape index (κ1) is 20.1. The minimum absolute atomic E-state index is 0. The first-order valence-electron chi connectivity index (χ1n) is 9.19. The Morgan fingerprint density at radius 3 is 2.80 bits per heavy atom. The van der Waals surface area contributed by atoms with Gasteiger partial charge in [0.2, 0.25) is 5.13 Å². The van der Waals surface area contributed by atoms with E-state index >= 15 is 0 Å². The number of ether oxygens (including phenoxy) is 2. The molecule has 1 saturated heterocycles. The third-order valence-corrected chi connectivity index (χ3v) is 5.28. The summed E-state index contributed by atoms with van der Waals surface area (Å²) < 4.78 is 25.4. The Kier molecular flexibility index (Phi) is 6.10. The standard InChI is InChI=1S/C19H19FN6O3S.H2/c1-28-16(12-6-3-2-4-7-12)17(27)22-18-24-25-19(30-18)29-14-11-26(10-13(14)20)15-8-5-9-21-23-15;/h2-9,13-14,16H,10-11H2,1H3,(H,22,24,27);1H/t13-,14+,16+;/m1./s1. The van der Waals surface area contributed by atoms with E-state index in [9.17, 15) is 9.18 Å². The van der Waals surface area contributed by atoms with Crippen LogP contribution in [0.3, 0.4) is 0 Å². The van der Waals surface area contributed by atoms with Gasteiger partial charge in [-0.25, -0.2) is 4.39 Å². The first-order valence-corrected chi connectivity index (χ1v) is 10.0. The third-order valence-electron chi connectivity index (χ3n) is 4.55. The van der Waals surface area contributed by atoms with Gasteiger partial charge in [-0.3, -0.25) is 10.1 Å². The molecular formula is C19H21FN6O3S. The molecule has 3 atom stereocenters. The number of halogens is 1. The summed E-state index contributed by atoms with van der Waals surface area (Å²) >= 11 is 1.03. The summed E-state index contributed by atoms with van der Waals surface area (Å²) in [7, 11) is 1.45. The molecule has 1 fully saturated rings. The fourth-order valence-corrected chi connectivity index (χ4v) is 3.78. The molecule has 1 aromatic carbocycles. The zero-order valence-corrected chi connectivity index (χ0v) is 16.8. The normalized spacial score (nSPS) is 19.5. The van der Waals surface area contributed by atoms with Crippen LogP contribution in [-0.4, -0.2) is 58.8 Å². The van der Waals surface area contributed by atoms with Crippen molar-refractivity contribution < 1.29 is 20.1 Å². The molecule has 0 saturated carbocycles. The minimum Gasteiger partial charge on any atom is -0.461 e. The molecule has 0 unspecified atom stereocenters. The van der Waals surface area contributed by atoms with Crippen LogP contribution in [0, 0.1) is 0 Å². The van der Waals surface area contributed by atoms with E-state index in [1.807, 2.05) is 18.2 Å². The van der Waals surface area contributed by atoms with Crippen molar-refractivity contribution >= 4 is 28.2 Å². The lowest BCUT2D eigenvalue weighted by molar-refractivity contribution is -0.126. The predicted octanol–water partition coefficient (Wildman–Crippen LogP) is 2.51. The van der Waals surface area contributed by atoms with E-state index in [1.165, 1.54) is 7.11 Å². The van der Waals surface area contributed by atoms with Crippen LogP contribution in [0.5, 0.6) is 5.19 Å². The lowest BCUT2D eigenvalue weighted by Crippen LogP contribution is -2.27. The number of hydrogen-bond acceptors (Lipinski definition) is 9. The van der Waals surface area contributed by atoms with Gasteiger partial charge >= 0.3 is 0 Å². The summed E-state index contributed by atoms with van der Waals surface area (Å²) in [6, 6.07) is 12.6. The Labute approximate surface area is 177 Å². The lowest BCUT2D eigenvalue weighted by atomic mass is 10.1. The van der Waals surface area contributed by atoms with Crippen LogP contribution in [0.15, 0.2) is 48.7 Å². The van der Waals surface area contributed by atoms with E-state index in [0.717, 1.165) is 11.3 Å². The van der Waals surface area contributed by atoms with Gasteiger partial charge in [-0.2, -0.15) is 5.10 Å². The molecule has 30 heavy (non-hydrogen) atoms. The molecule has 4 rings (SSSR count). The van der Waals surface area contributed by atoms with Gasteiger partial charge in [-0.1, -0.05) is 35.4 Å². The maximum atomic E-state index is 14.4. The van der Waals surface area contributed by atoms with Gasteiger partial charge in [0.1, 0.15) is 0 Å². The number of alkyl halides is 1. The SMILES string of the molecule is CO[C@H](C(=O)Nc1nnc(O[C@H]2CN(c3cccnn3)C[C@H]2F)s1)c1ccccc1.[HH]. The topological polar surface area (TPSA) is 102 Å². The van der Waals surface area contributed by atoms with Crippen LogP contribution in [0.25, 0.3) is 0 Å². The van der Waals surface area contributed by atoms with Gasteiger partial charge in [0, 0.05) is 14.7 Å². The average molecular weight is 432 g/mol. The van der Waals surface area contributed by atoms with Crippen LogP contribution in [0.1, 0.15) is 13.1 Å². The Morgan fingerprint density at radius 1 is 1.23 bits per heavy atom. The van der Waals surface area contributed by atoms with Crippen LogP contribution in [0.2, 0.25) is 0 Å². The number of benzene rings is 1. The van der Waals surface area contributed by atoms with Crippen molar-refractivity contribution in [3.63, 3.8) is 0 Å². The summed E-state index contributed by atoms with van der Waals surface area (Å²) in [6.45, 7) is 0.458. The molecule has 0 spiro atoms. The number of nitrogens with zero attached hydrogens (tertiary/aromatic N) is 5. The van der Waals surface area contributed by atoms with Crippen molar-refractivity contribution in [2.45, 2.75) is 18.4 Å². The van der Waals surface area contributed by atoms with Gasteiger partial charge in [-0.15, -0.1) is 10.2 Å². The van der Waals surface area contributed by atoms with Crippen LogP contribution in [0.4, 0.5) is 15.3 Å². The average Bonchev–Trinajstić information content (AvgIpc) is 3.36. The third kappa shape index (κ3) is 4.52. The second-order valence-electron chi connectivity index (χ2n) is 6.55. The van der Waals surface area contributed by atoms with E-state index in [4.69, 9.17) is 9.47 Å². The number of nitrogens with one attached hydrogen (secondary N) is 1. The molecule has 1 N–H and O–H groups in total. The summed E-state index contributed by atoms with van der Waals surface area (Å²) in [4.78, 5) is 14.3. The largest absolute Gasteiger partial charge is 0.461 e. The Bertz CT molecular complexity index is 983. The van der Waals surface area contributed by atoms with Crippen LogP contribution < -0.4 is 15.0 Å². The molecule has 9 nitrogen and oxygen atoms in total. The number of anilines is 2. The minimum atomic E-state index is -1.22. The van der Waals surface area contributed by atoms with E-state index in [1.54, 1.807) is 35.4 Å². The number of carbonyl (C=O) groups is 1. The number of aromatic nitrogens is 4. The molecule has 1 aliphatic rings. The number of amides is 1. The first-order chi connectivity index (χ1) is 14.6. The zero-order valence-electron chi connectivity index (χ0n) is 16.0. The van der Waals surface area contributed by atoms with Crippen LogP contribution >= 0.6 is 11.3 Å². The smallest absolute Gasteiger partial charge is 0.296 e. The van der Waals surface area contributed by atoms with E-state index in [-0.39, 0.29) is 24.2 Å². The second kappa shape index (κ2) is 9.09. The van der Waals surface area contributed by atoms with Gasteiger partial charge in [0.05, 0.1) is 13.1 Å². The lowest BCUT2D eigenvalue weighted by Gasteiger charge is -2.15. The molecule has 1 amide bonds. The van der Waals surface area contributed by atoms with Crippen molar-refractivity contribution in [3.8, 4) is 5.19 Å². The Balaban J connectivity index is 0.00000272. The van der Waals surface area contributed by atoms with Gasteiger partial charge < -0.3 is 14.4 Å². The van der Waals surface area contributed by atoms with Gasteiger partial charge in [-0.05, 0) is 29.0 Å².